The zero-order valence-corrected chi connectivity index (χ0v) is 13.4. The number of nitrogens with zero attached hydrogens (tertiary/aromatic N) is 2. The number of likely N-dealkylation sites (N-methyl/N-ethyl adjacent to an activating group) is 1. The van der Waals surface area contributed by atoms with Crippen molar-refractivity contribution in [3.8, 4) is 0 Å². The van der Waals surface area contributed by atoms with E-state index in [9.17, 15) is 13.2 Å². The lowest BCUT2D eigenvalue weighted by Gasteiger charge is -2.26. The fourth-order valence-corrected chi connectivity index (χ4v) is 4.52. The van der Waals surface area contributed by atoms with Crippen molar-refractivity contribution in [3.63, 3.8) is 0 Å². The van der Waals surface area contributed by atoms with E-state index in [2.05, 4.69) is 0 Å². The van der Waals surface area contributed by atoms with Gasteiger partial charge in [-0.25, -0.2) is 8.42 Å². The van der Waals surface area contributed by atoms with E-state index in [0.29, 0.717) is 30.6 Å². The highest BCUT2D eigenvalue weighted by atomic mass is 32.2. The van der Waals surface area contributed by atoms with E-state index in [1.165, 1.54) is 15.3 Å². The number of nitrogen functional groups attached to an aromatic ring is 1. The number of sulfonamides is 1. The number of amides is 1. The first kappa shape index (κ1) is 15.8. The third-order valence-electron chi connectivity index (χ3n) is 3.72. The van der Waals surface area contributed by atoms with Gasteiger partial charge in [-0.05, 0) is 43.5 Å². The summed E-state index contributed by atoms with van der Waals surface area (Å²) in [6.07, 6.45) is 1.25. The van der Waals surface area contributed by atoms with Crippen LogP contribution in [0.25, 0.3) is 0 Å². The molecule has 0 aliphatic carbocycles. The van der Waals surface area contributed by atoms with Crippen molar-refractivity contribution in [1.29, 1.82) is 0 Å². The Morgan fingerprint density at radius 2 is 2.05 bits per heavy atom. The molecule has 21 heavy (non-hydrogen) atoms. The maximum atomic E-state index is 12.8. The molecular formula is C14H21N3O3S. The van der Waals surface area contributed by atoms with Gasteiger partial charge in [-0.15, -0.1) is 0 Å². The fourth-order valence-electron chi connectivity index (χ4n) is 2.66. The number of carbonyl (C=O) groups is 1. The predicted molar refractivity (Wildman–Crippen MR) is 81.2 cm³/mol. The van der Waals surface area contributed by atoms with Crippen LogP contribution in [0.2, 0.25) is 0 Å². The maximum Gasteiger partial charge on any atom is 0.244 e. The summed E-state index contributed by atoms with van der Waals surface area (Å²) in [6, 6.07) is 4.10. The standard InChI is InChI=1S/C14H21N3O3S/c1-10-9-11(15)6-7-13(10)21(19,20)17-8-4-5-12(17)14(18)16(2)3/h6-7,9,12H,4-5,8,15H2,1-3H3. The number of hydrogen-bond acceptors (Lipinski definition) is 4. The van der Waals surface area contributed by atoms with E-state index < -0.39 is 16.1 Å². The molecule has 1 aliphatic heterocycles. The van der Waals surface area contributed by atoms with Crippen LogP contribution in [0.1, 0.15) is 18.4 Å². The smallest absolute Gasteiger partial charge is 0.244 e. The largest absolute Gasteiger partial charge is 0.399 e. The Bertz CT molecular complexity index is 655. The minimum Gasteiger partial charge on any atom is -0.399 e. The molecular weight excluding hydrogens is 290 g/mol. The highest BCUT2D eigenvalue weighted by Gasteiger charge is 2.40. The van der Waals surface area contributed by atoms with Crippen LogP contribution < -0.4 is 5.73 Å². The Kier molecular flexibility index (Phi) is 4.25. The number of anilines is 1. The first-order valence-corrected chi connectivity index (χ1v) is 8.28. The number of nitrogens with two attached hydrogens (primary N) is 1. The summed E-state index contributed by atoms with van der Waals surface area (Å²) in [6.45, 7) is 2.08. The van der Waals surface area contributed by atoms with E-state index in [4.69, 9.17) is 5.73 Å². The Morgan fingerprint density at radius 1 is 1.38 bits per heavy atom. The number of aryl methyl sites for hydroxylation is 1. The molecule has 1 aromatic rings. The molecule has 1 saturated heterocycles. The fraction of sp³-hybridized carbons (Fsp3) is 0.500. The van der Waals surface area contributed by atoms with E-state index in [1.54, 1.807) is 33.2 Å². The molecule has 0 spiro atoms. The van der Waals surface area contributed by atoms with Crippen molar-refractivity contribution in [2.24, 2.45) is 0 Å². The van der Waals surface area contributed by atoms with Gasteiger partial charge in [-0.2, -0.15) is 4.31 Å². The van der Waals surface area contributed by atoms with Gasteiger partial charge < -0.3 is 10.6 Å². The highest BCUT2D eigenvalue weighted by molar-refractivity contribution is 7.89. The topological polar surface area (TPSA) is 83.7 Å². The van der Waals surface area contributed by atoms with Crippen molar-refractivity contribution < 1.29 is 13.2 Å². The minimum absolute atomic E-state index is 0.177. The van der Waals surface area contributed by atoms with Gasteiger partial charge in [0.1, 0.15) is 6.04 Å². The normalized spacial score (nSPS) is 19.7. The van der Waals surface area contributed by atoms with Gasteiger partial charge in [0.05, 0.1) is 4.90 Å². The van der Waals surface area contributed by atoms with Crippen molar-refractivity contribution in [2.45, 2.75) is 30.7 Å². The predicted octanol–water partition coefficient (Wildman–Crippen LogP) is 0.819. The monoisotopic (exact) mass is 311 g/mol. The van der Waals surface area contributed by atoms with Crippen LogP contribution in [-0.4, -0.2) is 50.2 Å². The van der Waals surface area contributed by atoms with Crippen molar-refractivity contribution in [1.82, 2.24) is 9.21 Å². The quantitative estimate of drug-likeness (QED) is 0.838. The maximum absolute atomic E-state index is 12.8. The average molecular weight is 311 g/mol. The van der Waals surface area contributed by atoms with Crippen LogP contribution in [0.5, 0.6) is 0 Å². The van der Waals surface area contributed by atoms with Crippen molar-refractivity contribution in [2.75, 3.05) is 26.4 Å². The van der Waals surface area contributed by atoms with Gasteiger partial charge >= 0.3 is 0 Å². The molecule has 2 N–H and O–H groups in total. The SMILES string of the molecule is Cc1cc(N)ccc1S(=O)(=O)N1CCCC1C(=O)N(C)C. The molecule has 7 heteroatoms. The summed E-state index contributed by atoms with van der Waals surface area (Å²) in [5.74, 6) is -0.177. The summed E-state index contributed by atoms with van der Waals surface area (Å²) >= 11 is 0. The highest BCUT2D eigenvalue weighted by Crippen LogP contribution is 2.29. The molecule has 116 valence electrons. The van der Waals surface area contributed by atoms with Gasteiger partial charge in [0, 0.05) is 26.3 Å². The molecule has 0 aromatic heterocycles. The summed E-state index contributed by atoms with van der Waals surface area (Å²) in [4.78, 5) is 13.8. The molecule has 2 rings (SSSR count). The molecule has 0 radical (unpaired) electrons. The van der Waals surface area contributed by atoms with Crippen LogP contribution in [0.15, 0.2) is 23.1 Å². The first-order chi connectivity index (χ1) is 9.75. The van der Waals surface area contributed by atoms with E-state index in [1.807, 2.05) is 0 Å². The van der Waals surface area contributed by atoms with Crippen LogP contribution >= 0.6 is 0 Å². The van der Waals surface area contributed by atoms with Crippen molar-refractivity contribution in [3.05, 3.63) is 23.8 Å². The van der Waals surface area contributed by atoms with Crippen LogP contribution in [0.4, 0.5) is 5.69 Å². The molecule has 1 aromatic carbocycles. The molecule has 1 unspecified atom stereocenters. The lowest BCUT2D eigenvalue weighted by Crippen LogP contribution is -2.45. The Hall–Kier alpha value is -1.60. The summed E-state index contributed by atoms with van der Waals surface area (Å²) in [5.41, 5.74) is 6.79. The summed E-state index contributed by atoms with van der Waals surface area (Å²) in [5, 5.41) is 0. The number of hydrogen-bond donors (Lipinski definition) is 1. The zero-order valence-electron chi connectivity index (χ0n) is 12.5. The third-order valence-corrected chi connectivity index (χ3v) is 5.78. The van der Waals surface area contributed by atoms with Crippen molar-refractivity contribution >= 4 is 21.6 Å². The molecule has 1 fully saturated rings. The second-order valence-corrected chi connectivity index (χ2v) is 7.39. The Balaban J connectivity index is 2.41. The second kappa shape index (κ2) is 5.65. The number of rotatable bonds is 3. The third kappa shape index (κ3) is 2.89. The van der Waals surface area contributed by atoms with Gasteiger partial charge in [0.2, 0.25) is 15.9 Å². The Morgan fingerprint density at radius 3 is 2.62 bits per heavy atom. The van der Waals surface area contributed by atoms with Crippen LogP contribution in [-0.2, 0) is 14.8 Å². The second-order valence-electron chi connectivity index (χ2n) is 5.53. The minimum atomic E-state index is -3.68. The van der Waals surface area contributed by atoms with Gasteiger partial charge in [-0.3, -0.25) is 4.79 Å². The van der Waals surface area contributed by atoms with Gasteiger partial charge in [0.15, 0.2) is 0 Å². The molecule has 1 atom stereocenters. The van der Waals surface area contributed by atoms with E-state index >= 15 is 0 Å². The lowest BCUT2D eigenvalue weighted by atomic mass is 10.2. The molecule has 6 nitrogen and oxygen atoms in total. The van der Waals surface area contributed by atoms with Crippen LogP contribution in [0.3, 0.4) is 0 Å². The van der Waals surface area contributed by atoms with Gasteiger partial charge in [-0.1, -0.05) is 0 Å². The molecule has 1 amide bonds. The average Bonchev–Trinajstić information content (AvgIpc) is 2.86. The molecule has 0 saturated carbocycles. The van der Waals surface area contributed by atoms with Gasteiger partial charge in [0.25, 0.3) is 0 Å². The van der Waals surface area contributed by atoms with Crippen LogP contribution in [0, 0.1) is 6.92 Å². The Labute approximate surface area is 125 Å². The lowest BCUT2D eigenvalue weighted by molar-refractivity contribution is -0.132. The van der Waals surface area contributed by atoms with E-state index in [0.717, 1.165) is 0 Å². The zero-order chi connectivity index (χ0) is 15.8. The summed E-state index contributed by atoms with van der Waals surface area (Å²) in [7, 11) is -0.406. The summed E-state index contributed by atoms with van der Waals surface area (Å²) < 4.78 is 27.0. The molecule has 1 aliphatic rings. The number of carbonyl (C=O) groups excluding carboxylic acids is 1. The first-order valence-electron chi connectivity index (χ1n) is 6.84. The number of benzene rings is 1. The molecule has 1 heterocycles. The molecule has 0 bridgehead atoms. The van der Waals surface area contributed by atoms with E-state index in [-0.39, 0.29) is 10.8 Å².